The number of hydrogen-bond donors (Lipinski definition) is 2. The van der Waals surface area contributed by atoms with Crippen molar-refractivity contribution in [2.45, 2.75) is 65.3 Å². The fraction of sp³-hybridized carbons (Fsp3) is 1.00. The van der Waals surface area contributed by atoms with E-state index in [0.29, 0.717) is 5.41 Å². The first-order chi connectivity index (χ1) is 8.91. The molecule has 1 aliphatic rings. The summed E-state index contributed by atoms with van der Waals surface area (Å²) in [5.74, 6) is 0. The highest BCUT2D eigenvalue weighted by atomic mass is 16.3. The minimum atomic E-state index is -0.113. The van der Waals surface area contributed by atoms with E-state index in [1.54, 1.807) is 0 Å². The molecule has 0 radical (unpaired) electrons. The summed E-state index contributed by atoms with van der Waals surface area (Å²) in [6.07, 6.45) is 6.10. The molecule has 3 nitrogen and oxygen atoms in total. The highest BCUT2D eigenvalue weighted by molar-refractivity contribution is 4.84. The fourth-order valence-corrected chi connectivity index (χ4v) is 2.76. The van der Waals surface area contributed by atoms with Crippen LogP contribution in [0.25, 0.3) is 0 Å². The molecule has 1 rings (SSSR count). The molecular formula is C16H34N2O. The zero-order valence-corrected chi connectivity index (χ0v) is 13.5. The molecule has 0 aliphatic carbocycles. The van der Waals surface area contributed by atoms with Gasteiger partial charge < -0.3 is 15.3 Å². The van der Waals surface area contributed by atoms with E-state index in [1.807, 2.05) is 0 Å². The molecule has 0 amide bonds. The van der Waals surface area contributed by atoms with Crippen LogP contribution in [0.4, 0.5) is 0 Å². The van der Waals surface area contributed by atoms with Crippen molar-refractivity contribution < 1.29 is 5.11 Å². The lowest BCUT2D eigenvalue weighted by molar-refractivity contribution is 0.145. The third-order valence-corrected chi connectivity index (χ3v) is 4.56. The molecule has 1 unspecified atom stereocenters. The zero-order valence-electron chi connectivity index (χ0n) is 13.5. The first kappa shape index (κ1) is 16.9. The van der Waals surface area contributed by atoms with Crippen molar-refractivity contribution in [1.29, 1.82) is 0 Å². The molecule has 1 aliphatic heterocycles. The van der Waals surface area contributed by atoms with E-state index in [-0.39, 0.29) is 12.1 Å². The Hall–Kier alpha value is -0.120. The minimum Gasteiger partial charge on any atom is -0.394 e. The third-order valence-electron chi connectivity index (χ3n) is 4.56. The smallest absolute Gasteiger partial charge is 0.0611 e. The van der Waals surface area contributed by atoms with Gasteiger partial charge in [-0.1, -0.05) is 20.8 Å². The number of nitrogens with zero attached hydrogens (tertiary/aromatic N) is 1. The molecule has 0 aromatic heterocycles. The van der Waals surface area contributed by atoms with Crippen LogP contribution in [0.5, 0.6) is 0 Å². The molecular weight excluding hydrogens is 236 g/mol. The van der Waals surface area contributed by atoms with Gasteiger partial charge in [0, 0.05) is 5.54 Å². The average Bonchev–Trinajstić information content (AvgIpc) is 2.55. The SMILES string of the molecule is CCCNC(C)(CO)CCN1CCCC(C)(C)CC1. The lowest BCUT2D eigenvalue weighted by Crippen LogP contribution is -2.48. The lowest BCUT2D eigenvalue weighted by atomic mass is 9.85. The summed E-state index contributed by atoms with van der Waals surface area (Å²) in [7, 11) is 0. The largest absolute Gasteiger partial charge is 0.394 e. The second-order valence-corrected chi connectivity index (χ2v) is 7.25. The Morgan fingerprint density at radius 2 is 2.00 bits per heavy atom. The normalized spacial score (nSPS) is 23.8. The van der Waals surface area contributed by atoms with Crippen molar-refractivity contribution in [2.24, 2.45) is 5.41 Å². The molecule has 0 aromatic carbocycles. The predicted octanol–water partition coefficient (Wildman–Crippen LogP) is 2.64. The van der Waals surface area contributed by atoms with Gasteiger partial charge in [-0.15, -0.1) is 0 Å². The van der Waals surface area contributed by atoms with Crippen molar-refractivity contribution in [3.8, 4) is 0 Å². The summed E-state index contributed by atoms with van der Waals surface area (Å²) in [5, 5.41) is 13.1. The molecule has 1 fully saturated rings. The van der Waals surface area contributed by atoms with Gasteiger partial charge >= 0.3 is 0 Å². The Morgan fingerprint density at radius 3 is 2.63 bits per heavy atom. The van der Waals surface area contributed by atoms with Gasteiger partial charge in [0.25, 0.3) is 0 Å². The predicted molar refractivity (Wildman–Crippen MR) is 82.5 cm³/mol. The van der Waals surface area contributed by atoms with Crippen molar-refractivity contribution in [1.82, 2.24) is 10.2 Å². The maximum atomic E-state index is 9.60. The van der Waals surface area contributed by atoms with Crippen LogP contribution in [0.15, 0.2) is 0 Å². The third kappa shape index (κ3) is 6.24. The first-order valence-corrected chi connectivity index (χ1v) is 7.99. The Labute approximate surface area is 119 Å². The van der Waals surface area contributed by atoms with E-state index in [1.165, 1.54) is 32.4 Å². The van der Waals surface area contributed by atoms with E-state index in [0.717, 1.165) is 25.9 Å². The lowest BCUT2D eigenvalue weighted by Gasteiger charge is -2.32. The Bertz CT molecular complexity index is 255. The standard InChI is InChI=1S/C16H34N2O/c1-5-10-17-16(4,14-19)9-13-18-11-6-7-15(2,3)8-12-18/h17,19H,5-14H2,1-4H3. The second-order valence-electron chi connectivity index (χ2n) is 7.25. The van der Waals surface area contributed by atoms with Gasteiger partial charge in [-0.3, -0.25) is 0 Å². The topological polar surface area (TPSA) is 35.5 Å². The quantitative estimate of drug-likeness (QED) is 0.746. The van der Waals surface area contributed by atoms with Crippen LogP contribution in [-0.2, 0) is 0 Å². The van der Waals surface area contributed by atoms with Crippen LogP contribution in [0, 0.1) is 5.41 Å². The van der Waals surface area contributed by atoms with Crippen LogP contribution in [0.3, 0.4) is 0 Å². The van der Waals surface area contributed by atoms with E-state index >= 15 is 0 Å². The van der Waals surface area contributed by atoms with Crippen molar-refractivity contribution in [3.05, 3.63) is 0 Å². The average molecular weight is 270 g/mol. The van der Waals surface area contributed by atoms with Crippen LogP contribution < -0.4 is 5.32 Å². The Morgan fingerprint density at radius 1 is 1.26 bits per heavy atom. The van der Waals surface area contributed by atoms with Gasteiger partial charge in [0.05, 0.1) is 6.61 Å². The summed E-state index contributed by atoms with van der Waals surface area (Å²) in [4.78, 5) is 2.58. The maximum Gasteiger partial charge on any atom is 0.0611 e. The molecule has 0 aromatic rings. The number of aliphatic hydroxyl groups is 1. The van der Waals surface area contributed by atoms with Crippen LogP contribution in [-0.4, -0.2) is 48.3 Å². The van der Waals surface area contributed by atoms with Gasteiger partial charge in [0.15, 0.2) is 0 Å². The Kier molecular flexibility index (Phi) is 6.78. The van der Waals surface area contributed by atoms with Crippen LogP contribution in [0.1, 0.15) is 59.8 Å². The monoisotopic (exact) mass is 270 g/mol. The summed E-state index contributed by atoms with van der Waals surface area (Å²) in [6, 6.07) is 0. The molecule has 114 valence electrons. The molecule has 0 bridgehead atoms. The molecule has 2 N–H and O–H groups in total. The first-order valence-electron chi connectivity index (χ1n) is 7.99. The summed E-state index contributed by atoms with van der Waals surface area (Å²) >= 11 is 0. The number of aliphatic hydroxyl groups excluding tert-OH is 1. The van der Waals surface area contributed by atoms with Gasteiger partial charge in [-0.25, -0.2) is 0 Å². The molecule has 1 atom stereocenters. The minimum absolute atomic E-state index is 0.113. The van der Waals surface area contributed by atoms with Gasteiger partial charge in [-0.05, 0) is 70.6 Å². The van der Waals surface area contributed by atoms with Gasteiger partial charge in [-0.2, -0.15) is 0 Å². The van der Waals surface area contributed by atoms with E-state index < -0.39 is 0 Å². The molecule has 3 heteroatoms. The summed E-state index contributed by atoms with van der Waals surface area (Å²) in [6.45, 7) is 13.8. The molecule has 1 heterocycles. The Balaban J connectivity index is 2.37. The van der Waals surface area contributed by atoms with Crippen LogP contribution in [0.2, 0.25) is 0 Å². The van der Waals surface area contributed by atoms with E-state index in [4.69, 9.17) is 0 Å². The second kappa shape index (κ2) is 7.61. The van der Waals surface area contributed by atoms with Crippen molar-refractivity contribution >= 4 is 0 Å². The fourth-order valence-electron chi connectivity index (χ4n) is 2.76. The van der Waals surface area contributed by atoms with E-state index in [2.05, 4.69) is 37.9 Å². The van der Waals surface area contributed by atoms with Crippen molar-refractivity contribution in [3.63, 3.8) is 0 Å². The number of nitrogens with one attached hydrogen (secondary N) is 1. The van der Waals surface area contributed by atoms with E-state index in [9.17, 15) is 5.11 Å². The highest BCUT2D eigenvalue weighted by Gasteiger charge is 2.26. The molecule has 1 saturated heterocycles. The number of hydrogen-bond acceptors (Lipinski definition) is 3. The zero-order chi connectivity index (χ0) is 14.4. The summed E-state index contributed by atoms with van der Waals surface area (Å²) < 4.78 is 0. The summed E-state index contributed by atoms with van der Waals surface area (Å²) in [5.41, 5.74) is 0.396. The van der Waals surface area contributed by atoms with Crippen LogP contribution >= 0.6 is 0 Å². The van der Waals surface area contributed by atoms with Gasteiger partial charge in [0.2, 0.25) is 0 Å². The molecule has 0 saturated carbocycles. The molecule has 0 spiro atoms. The number of likely N-dealkylation sites (tertiary alicyclic amines) is 1. The van der Waals surface area contributed by atoms with Crippen molar-refractivity contribution in [2.75, 3.05) is 32.8 Å². The maximum absolute atomic E-state index is 9.60. The molecule has 19 heavy (non-hydrogen) atoms. The number of rotatable bonds is 7. The van der Waals surface area contributed by atoms with Gasteiger partial charge in [0.1, 0.15) is 0 Å². The highest BCUT2D eigenvalue weighted by Crippen LogP contribution is 2.29.